The molecule has 0 spiro atoms. The molecule has 0 aromatic heterocycles. The maximum atomic E-state index is 12.0. The third-order valence-electron chi connectivity index (χ3n) is 2.93. The smallest absolute Gasteiger partial charge is 0.261 e. The highest BCUT2D eigenvalue weighted by atomic mass is 16.5. The fraction of sp³-hybridized carbons (Fsp3) is 0.533. The van der Waals surface area contributed by atoms with Crippen molar-refractivity contribution < 1.29 is 9.53 Å². The zero-order valence-electron chi connectivity index (χ0n) is 12.0. The van der Waals surface area contributed by atoms with E-state index in [1.54, 1.807) is 0 Å². The van der Waals surface area contributed by atoms with Gasteiger partial charge in [-0.05, 0) is 45.0 Å². The first-order valence-electron chi connectivity index (χ1n) is 6.83. The molecule has 106 valence electrons. The summed E-state index contributed by atoms with van der Waals surface area (Å²) >= 11 is 0. The van der Waals surface area contributed by atoms with Gasteiger partial charge in [-0.25, -0.2) is 0 Å². The molecular weight excluding hydrogens is 240 g/mol. The van der Waals surface area contributed by atoms with Crippen LogP contribution in [0.25, 0.3) is 0 Å². The number of nitrogens with one attached hydrogen (secondary N) is 2. The molecule has 0 aliphatic carbocycles. The van der Waals surface area contributed by atoms with Gasteiger partial charge in [0, 0.05) is 6.54 Å². The fourth-order valence-corrected chi connectivity index (χ4v) is 1.75. The number of carbonyl (C=O) groups is 1. The molecule has 0 saturated carbocycles. The maximum Gasteiger partial charge on any atom is 0.261 e. The molecule has 0 heterocycles. The fourth-order valence-electron chi connectivity index (χ4n) is 1.75. The number of hydrogen-bond acceptors (Lipinski definition) is 3. The Hall–Kier alpha value is -1.55. The van der Waals surface area contributed by atoms with Gasteiger partial charge in [0.1, 0.15) is 5.75 Å². The van der Waals surface area contributed by atoms with Crippen LogP contribution in [0.5, 0.6) is 5.75 Å². The second-order valence-electron chi connectivity index (χ2n) is 4.53. The standard InChI is InChI=1S/C15H24N2O2/c1-4-13(15(18)17-11-7-10-16-3)19-14-9-6-5-8-12(14)2/h5-6,8-9,13,16H,4,7,10-11H2,1-3H3,(H,17,18). The van der Waals surface area contributed by atoms with Crippen LogP contribution in [0.3, 0.4) is 0 Å². The number of amides is 1. The Morgan fingerprint density at radius 3 is 2.68 bits per heavy atom. The van der Waals surface area contributed by atoms with Crippen molar-refractivity contribution in [1.82, 2.24) is 10.6 Å². The van der Waals surface area contributed by atoms with Gasteiger partial charge in [-0.2, -0.15) is 0 Å². The van der Waals surface area contributed by atoms with E-state index >= 15 is 0 Å². The first kappa shape index (κ1) is 15.5. The number of carbonyl (C=O) groups excluding carboxylic acids is 1. The van der Waals surface area contributed by atoms with E-state index in [0.717, 1.165) is 24.3 Å². The molecule has 1 aromatic rings. The van der Waals surface area contributed by atoms with E-state index in [1.807, 2.05) is 45.2 Å². The van der Waals surface area contributed by atoms with Crippen molar-refractivity contribution >= 4 is 5.91 Å². The van der Waals surface area contributed by atoms with Crippen LogP contribution in [0, 0.1) is 6.92 Å². The van der Waals surface area contributed by atoms with Crippen LogP contribution in [-0.2, 0) is 4.79 Å². The number of rotatable bonds is 8. The van der Waals surface area contributed by atoms with Gasteiger partial charge in [-0.3, -0.25) is 4.79 Å². The highest BCUT2D eigenvalue weighted by Crippen LogP contribution is 2.18. The molecule has 0 aliphatic rings. The molecule has 0 bridgehead atoms. The Balaban J connectivity index is 2.48. The average Bonchev–Trinajstić information content (AvgIpc) is 2.42. The van der Waals surface area contributed by atoms with Crippen LogP contribution in [0.4, 0.5) is 0 Å². The molecule has 0 aliphatic heterocycles. The molecular formula is C15H24N2O2. The molecule has 19 heavy (non-hydrogen) atoms. The van der Waals surface area contributed by atoms with Crippen molar-refractivity contribution in [1.29, 1.82) is 0 Å². The zero-order valence-corrected chi connectivity index (χ0v) is 12.0. The van der Waals surface area contributed by atoms with Gasteiger partial charge in [-0.15, -0.1) is 0 Å². The minimum Gasteiger partial charge on any atom is -0.480 e. The molecule has 4 heteroatoms. The normalized spacial score (nSPS) is 11.9. The van der Waals surface area contributed by atoms with Crippen LogP contribution in [0.1, 0.15) is 25.3 Å². The number of hydrogen-bond donors (Lipinski definition) is 2. The van der Waals surface area contributed by atoms with E-state index in [-0.39, 0.29) is 5.91 Å². The molecule has 0 saturated heterocycles. The maximum absolute atomic E-state index is 12.0. The van der Waals surface area contributed by atoms with Crippen molar-refractivity contribution in [3.63, 3.8) is 0 Å². The molecule has 0 radical (unpaired) electrons. The molecule has 1 unspecified atom stereocenters. The summed E-state index contributed by atoms with van der Waals surface area (Å²) in [4.78, 5) is 12.0. The van der Waals surface area contributed by atoms with E-state index in [4.69, 9.17) is 4.74 Å². The Kier molecular flexibility index (Phi) is 6.97. The molecule has 0 fully saturated rings. The highest BCUT2D eigenvalue weighted by molar-refractivity contribution is 5.81. The number of benzene rings is 1. The zero-order chi connectivity index (χ0) is 14.1. The van der Waals surface area contributed by atoms with Crippen molar-refractivity contribution in [3.8, 4) is 5.75 Å². The van der Waals surface area contributed by atoms with Gasteiger partial charge in [0.05, 0.1) is 0 Å². The lowest BCUT2D eigenvalue weighted by Gasteiger charge is -2.18. The van der Waals surface area contributed by atoms with Gasteiger partial charge >= 0.3 is 0 Å². The van der Waals surface area contributed by atoms with E-state index in [2.05, 4.69) is 10.6 Å². The second-order valence-corrected chi connectivity index (χ2v) is 4.53. The third kappa shape index (κ3) is 5.30. The van der Waals surface area contributed by atoms with Gasteiger partial charge in [0.2, 0.25) is 0 Å². The third-order valence-corrected chi connectivity index (χ3v) is 2.93. The van der Waals surface area contributed by atoms with E-state index in [9.17, 15) is 4.79 Å². The molecule has 1 amide bonds. The van der Waals surface area contributed by atoms with Crippen molar-refractivity contribution in [3.05, 3.63) is 29.8 Å². The van der Waals surface area contributed by atoms with Crippen LogP contribution in [0.2, 0.25) is 0 Å². The number of aryl methyl sites for hydroxylation is 1. The minimum atomic E-state index is -0.421. The van der Waals surface area contributed by atoms with E-state index < -0.39 is 6.10 Å². The van der Waals surface area contributed by atoms with Gasteiger partial charge < -0.3 is 15.4 Å². The van der Waals surface area contributed by atoms with Gasteiger partial charge in [0.15, 0.2) is 6.10 Å². The highest BCUT2D eigenvalue weighted by Gasteiger charge is 2.18. The number of ether oxygens (including phenoxy) is 1. The summed E-state index contributed by atoms with van der Waals surface area (Å²) in [7, 11) is 1.90. The van der Waals surface area contributed by atoms with E-state index in [1.165, 1.54) is 0 Å². The lowest BCUT2D eigenvalue weighted by Crippen LogP contribution is -2.39. The second kappa shape index (κ2) is 8.53. The van der Waals surface area contributed by atoms with Gasteiger partial charge in [-0.1, -0.05) is 25.1 Å². The summed E-state index contributed by atoms with van der Waals surface area (Å²) in [5, 5.41) is 5.95. The summed E-state index contributed by atoms with van der Waals surface area (Å²) in [5.41, 5.74) is 1.05. The van der Waals surface area contributed by atoms with Crippen molar-refractivity contribution in [2.45, 2.75) is 32.8 Å². The van der Waals surface area contributed by atoms with Crippen molar-refractivity contribution in [2.24, 2.45) is 0 Å². The van der Waals surface area contributed by atoms with Crippen LogP contribution in [0.15, 0.2) is 24.3 Å². The minimum absolute atomic E-state index is 0.0399. The summed E-state index contributed by atoms with van der Waals surface area (Å²) in [6.45, 7) is 5.51. The van der Waals surface area contributed by atoms with Crippen LogP contribution < -0.4 is 15.4 Å². The van der Waals surface area contributed by atoms with E-state index in [0.29, 0.717) is 13.0 Å². The Morgan fingerprint density at radius 1 is 1.32 bits per heavy atom. The predicted molar refractivity (Wildman–Crippen MR) is 77.4 cm³/mol. The molecule has 1 aromatic carbocycles. The van der Waals surface area contributed by atoms with Crippen molar-refractivity contribution in [2.75, 3.05) is 20.1 Å². The lowest BCUT2D eigenvalue weighted by atomic mass is 10.2. The summed E-state index contributed by atoms with van der Waals surface area (Å²) < 4.78 is 5.79. The lowest BCUT2D eigenvalue weighted by molar-refractivity contribution is -0.128. The summed E-state index contributed by atoms with van der Waals surface area (Å²) in [5.74, 6) is 0.738. The predicted octanol–water partition coefficient (Wildman–Crippen LogP) is 1.88. The first-order chi connectivity index (χ1) is 9.19. The quantitative estimate of drug-likeness (QED) is 0.705. The Bertz CT molecular complexity index is 393. The van der Waals surface area contributed by atoms with Crippen LogP contribution >= 0.6 is 0 Å². The monoisotopic (exact) mass is 264 g/mol. The molecule has 2 N–H and O–H groups in total. The molecule has 1 atom stereocenters. The summed E-state index contributed by atoms with van der Waals surface area (Å²) in [6, 6.07) is 7.75. The van der Waals surface area contributed by atoms with Gasteiger partial charge in [0.25, 0.3) is 5.91 Å². The first-order valence-corrected chi connectivity index (χ1v) is 6.83. The van der Waals surface area contributed by atoms with Crippen LogP contribution in [-0.4, -0.2) is 32.1 Å². The topological polar surface area (TPSA) is 50.4 Å². The number of para-hydroxylation sites is 1. The largest absolute Gasteiger partial charge is 0.480 e. The molecule has 4 nitrogen and oxygen atoms in total. The Labute approximate surface area is 115 Å². The summed E-state index contributed by atoms with van der Waals surface area (Å²) in [6.07, 6.45) is 1.16. The SMILES string of the molecule is CCC(Oc1ccccc1C)C(=O)NCCCNC. The average molecular weight is 264 g/mol. The Morgan fingerprint density at radius 2 is 2.05 bits per heavy atom. The molecule has 1 rings (SSSR count).